The lowest BCUT2D eigenvalue weighted by molar-refractivity contribution is 0.0469. The molecule has 0 aliphatic carbocycles. The van der Waals surface area contributed by atoms with Crippen LogP contribution in [0.2, 0.25) is 5.02 Å². The molecule has 2 aromatic carbocycles. The predicted molar refractivity (Wildman–Crippen MR) is 98.9 cm³/mol. The van der Waals surface area contributed by atoms with Crippen LogP contribution in [0.25, 0.3) is 0 Å². The van der Waals surface area contributed by atoms with Crippen molar-refractivity contribution in [3.05, 3.63) is 52.5 Å². The Kier molecular flexibility index (Phi) is 6.12. The number of ether oxygens (including phenoxy) is 2. The molecule has 0 heterocycles. The predicted octanol–water partition coefficient (Wildman–Crippen LogP) is 2.54. The molecule has 0 bridgehead atoms. The van der Waals surface area contributed by atoms with E-state index in [1.807, 2.05) is 0 Å². The second-order valence-electron chi connectivity index (χ2n) is 5.58. The van der Waals surface area contributed by atoms with Gasteiger partial charge in [0.1, 0.15) is 17.9 Å². The summed E-state index contributed by atoms with van der Waals surface area (Å²) in [7, 11) is 0.715. The number of hydrogen-bond acceptors (Lipinski definition) is 6. The summed E-state index contributed by atoms with van der Waals surface area (Å²) in [4.78, 5) is 12.4. The lowest BCUT2D eigenvalue weighted by atomic mass is 10.2. The standard InChI is InChI=1S/C17H19ClN2O5S/c1-20(2)26(22,23)12-6-4-5-11(7-12)10-25-17(21)13-8-14(18)15(19)9-16(13)24-3/h4-9H,10,19H2,1-3H3. The van der Waals surface area contributed by atoms with Gasteiger partial charge < -0.3 is 15.2 Å². The Labute approximate surface area is 157 Å². The Morgan fingerprint density at radius 3 is 2.54 bits per heavy atom. The first-order chi connectivity index (χ1) is 12.2. The maximum absolute atomic E-state index is 12.3. The smallest absolute Gasteiger partial charge is 0.342 e. The highest BCUT2D eigenvalue weighted by Crippen LogP contribution is 2.29. The summed E-state index contributed by atoms with van der Waals surface area (Å²) in [5, 5.41) is 0.205. The largest absolute Gasteiger partial charge is 0.496 e. The molecule has 0 fully saturated rings. The summed E-state index contributed by atoms with van der Waals surface area (Å²) < 4.78 is 35.8. The summed E-state index contributed by atoms with van der Waals surface area (Å²) in [6, 6.07) is 8.97. The number of hydrogen-bond donors (Lipinski definition) is 1. The third kappa shape index (κ3) is 4.27. The molecule has 0 aliphatic rings. The number of carbonyl (C=O) groups excluding carboxylic acids is 1. The summed E-state index contributed by atoms with van der Waals surface area (Å²) in [6.45, 7) is -0.110. The van der Waals surface area contributed by atoms with Crippen molar-refractivity contribution in [1.82, 2.24) is 4.31 Å². The highest BCUT2D eigenvalue weighted by atomic mass is 35.5. The molecule has 140 valence electrons. The fourth-order valence-corrected chi connectivity index (χ4v) is 3.27. The molecular weight excluding hydrogens is 380 g/mol. The first kappa shape index (κ1) is 20.0. The molecule has 0 spiro atoms. The van der Waals surface area contributed by atoms with Gasteiger partial charge in [-0.2, -0.15) is 0 Å². The Balaban J connectivity index is 2.20. The van der Waals surface area contributed by atoms with Crippen molar-refractivity contribution in [2.45, 2.75) is 11.5 Å². The van der Waals surface area contributed by atoms with Gasteiger partial charge in [-0.3, -0.25) is 0 Å². The molecule has 2 rings (SSSR count). The topological polar surface area (TPSA) is 98.9 Å². The molecule has 0 saturated carbocycles. The molecule has 0 saturated heterocycles. The highest BCUT2D eigenvalue weighted by Gasteiger charge is 2.19. The average molecular weight is 399 g/mol. The Bertz CT molecular complexity index is 929. The van der Waals surface area contributed by atoms with Gasteiger partial charge >= 0.3 is 5.97 Å². The van der Waals surface area contributed by atoms with Crippen LogP contribution in [0.1, 0.15) is 15.9 Å². The second kappa shape index (κ2) is 7.94. The minimum Gasteiger partial charge on any atom is -0.496 e. The van der Waals surface area contributed by atoms with Crippen LogP contribution in [0, 0.1) is 0 Å². The Hall–Kier alpha value is -2.29. The Morgan fingerprint density at radius 2 is 1.92 bits per heavy atom. The monoisotopic (exact) mass is 398 g/mol. The average Bonchev–Trinajstić information content (AvgIpc) is 2.61. The van der Waals surface area contributed by atoms with E-state index in [1.165, 1.54) is 45.5 Å². The van der Waals surface area contributed by atoms with E-state index in [0.29, 0.717) is 5.56 Å². The van der Waals surface area contributed by atoms with Crippen LogP contribution < -0.4 is 10.5 Å². The van der Waals surface area contributed by atoms with E-state index < -0.39 is 16.0 Å². The second-order valence-corrected chi connectivity index (χ2v) is 8.14. The van der Waals surface area contributed by atoms with E-state index in [0.717, 1.165) is 4.31 Å². The van der Waals surface area contributed by atoms with Crippen molar-refractivity contribution in [3.63, 3.8) is 0 Å². The maximum atomic E-state index is 12.3. The van der Waals surface area contributed by atoms with Crippen LogP contribution in [0.3, 0.4) is 0 Å². The van der Waals surface area contributed by atoms with Gasteiger partial charge in [-0.15, -0.1) is 0 Å². The molecule has 26 heavy (non-hydrogen) atoms. The molecule has 0 aromatic heterocycles. The van der Waals surface area contributed by atoms with Crippen LogP contribution in [0.5, 0.6) is 5.75 Å². The fourth-order valence-electron chi connectivity index (χ4n) is 2.13. The summed E-state index contributed by atoms with van der Waals surface area (Å²) in [5.74, 6) is -0.426. The number of halogens is 1. The number of anilines is 1. The molecule has 0 amide bonds. The van der Waals surface area contributed by atoms with Crippen LogP contribution in [-0.4, -0.2) is 39.9 Å². The minimum atomic E-state index is -3.57. The fraction of sp³-hybridized carbons (Fsp3) is 0.235. The van der Waals surface area contributed by atoms with Crippen LogP contribution in [0.4, 0.5) is 5.69 Å². The van der Waals surface area contributed by atoms with Gasteiger partial charge in [-0.1, -0.05) is 23.7 Å². The molecule has 0 aliphatic heterocycles. The van der Waals surface area contributed by atoms with Crippen LogP contribution >= 0.6 is 11.6 Å². The van der Waals surface area contributed by atoms with E-state index in [4.69, 9.17) is 26.8 Å². The summed E-state index contributed by atoms with van der Waals surface area (Å²) in [6.07, 6.45) is 0. The number of methoxy groups -OCH3 is 1. The summed E-state index contributed by atoms with van der Waals surface area (Å²) >= 11 is 5.94. The minimum absolute atomic E-state index is 0.110. The van der Waals surface area contributed by atoms with Gasteiger partial charge in [0.25, 0.3) is 0 Å². The third-order valence-electron chi connectivity index (χ3n) is 3.59. The molecular formula is C17H19ClN2O5S. The van der Waals surface area contributed by atoms with E-state index in [9.17, 15) is 13.2 Å². The summed E-state index contributed by atoms with van der Waals surface area (Å²) in [5.41, 5.74) is 6.62. The van der Waals surface area contributed by atoms with Crippen molar-refractivity contribution in [2.24, 2.45) is 0 Å². The number of sulfonamides is 1. The molecule has 0 atom stereocenters. The van der Waals surface area contributed by atoms with Crippen molar-refractivity contribution >= 4 is 33.3 Å². The van der Waals surface area contributed by atoms with Crippen LogP contribution in [-0.2, 0) is 21.4 Å². The highest BCUT2D eigenvalue weighted by molar-refractivity contribution is 7.89. The number of nitrogens with zero attached hydrogens (tertiary/aromatic N) is 1. The van der Waals surface area contributed by atoms with Crippen molar-refractivity contribution in [2.75, 3.05) is 26.9 Å². The lowest BCUT2D eigenvalue weighted by Crippen LogP contribution is -2.22. The number of nitrogen functional groups attached to an aromatic ring is 1. The zero-order valence-corrected chi connectivity index (χ0v) is 16.1. The number of rotatable bonds is 6. The number of benzene rings is 2. The molecule has 2 aromatic rings. The molecule has 0 unspecified atom stereocenters. The Morgan fingerprint density at radius 1 is 1.23 bits per heavy atom. The normalized spacial score (nSPS) is 11.4. The number of nitrogens with two attached hydrogens (primary N) is 1. The van der Waals surface area contributed by atoms with Gasteiger partial charge in [0.15, 0.2) is 0 Å². The van der Waals surface area contributed by atoms with Gasteiger partial charge in [-0.25, -0.2) is 17.5 Å². The number of esters is 1. The van der Waals surface area contributed by atoms with E-state index in [1.54, 1.807) is 12.1 Å². The third-order valence-corrected chi connectivity index (χ3v) is 5.72. The van der Waals surface area contributed by atoms with Crippen molar-refractivity contribution in [3.8, 4) is 5.75 Å². The first-order valence-electron chi connectivity index (χ1n) is 7.48. The molecule has 2 N–H and O–H groups in total. The zero-order chi connectivity index (χ0) is 19.5. The SMILES string of the molecule is COc1cc(N)c(Cl)cc1C(=O)OCc1cccc(S(=O)(=O)N(C)C)c1. The number of carbonyl (C=O) groups is 1. The van der Waals surface area contributed by atoms with Gasteiger partial charge in [0.05, 0.1) is 22.7 Å². The van der Waals surface area contributed by atoms with Crippen LogP contribution in [0.15, 0.2) is 41.3 Å². The van der Waals surface area contributed by atoms with Crippen molar-refractivity contribution in [1.29, 1.82) is 0 Å². The molecule has 7 nitrogen and oxygen atoms in total. The van der Waals surface area contributed by atoms with E-state index >= 15 is 0 Å². The lowest BCUT2D eigenvalue weighted by Gasteiger charge is -2.13. The maximum Gasteiger partial charge on any atom is 0.342 e. The van der Waals surface area contributed by atoms with Crippen molar-refractivity contribution < 1.29 is 22.7 Å². The zero-order valence-electron chi connectivity index (χ0n) is 14.5. The van der Waals surface area contributed by atoms with E-state index in [2.05, 4.69) is 0 Å². The quantitative estimate of drug-likeness (QED) is 0.593. The van der Waals surface area contributed by atoms with Gasteiger partial charge in [-0.05, 0) is 23.8 Å². The molecule has 9 heteroatoms. The first-order valence-corrected chi connectivity index (χ1v) is 9.30. The van der Waals surface area contributed by atoms with E-state index in [-0.39, 0.29) is 33.5 Å². The molecule has 0 radical (unpaired) electrons. The van der Waals surface area contributed by atoms with Gasteiger partial charge in [0, 0.05) is 20.2 Å². The van der Waals surface area contributed by atoms with Gasteiger partial charge in [0.2, 0.25) is 10.0 Å².